The molecule has 1 aliphatic heterocycles. The van der Waals surface area contributed by atoms with Crippen molar-refractivity contribution in [2.24, 2.45) is 0 Å². The fraction of sp³-hybridized carbons (Fsp3) is 0.300. The Morgan fingerprint density at radius 1 is 1.12 bits per heavy atom. The van der Waals surface area contributed by atoms with Gasteiger partial charge in [0, 0.05) is 18.8 Å². The molecule has 4 aromatic rings. The molecule has 11 nitrogen and oxygen atoms in total. The van der Waals surface area contributed by atoms with Crippen LogP contribution in [-0.2, 0) is 11.1 Å². The van der Waals surface area contributed by atoms with E-state index in [2.05, 4.69) is 32.3 Å². The highest BCUT2D eigenvalue weighted by Crippen LogP contribution is 2.38. The van der Waals surface area contributed by atoms with Crippen LogP contribution in [0.25, 0.3) is 11.5 Å². The molecule has 11 heteroatoms. The van der Waals surface area contributed by atoms with Crippen LogP contribution in [0.4, 0.5) is 17.3 Å². The zero-order valence-electron chi connectivity index (χ0n) is 23.4. The van der Waals surface area contributed by atoms with Crippen molar-refractivity contribution < 1.29 is 19.5 Å². The van der Waals surface area contributed by atoms with Crippen molar-refractivity contribution in [2.75, 3.05) is 23.8 Å². The number of nitrogens with zero attached hydrogens (tertiary/aromatic N) is 5. The van der Waals surface area contributed by atoms with Crippen molar-refractivity contribution >= 4 is 23.2 Å². The quantitative estimate of drug-likeness (QED) is 0.206. The number of nitrogens with one attached hydrogen (secondary N) is 2. The minimum atomic E-state index is -1.29. The summed E-state index contributed by atoms with van der Waals surface area (Å²) in [5, 5.41) is 31.1. The minimum absolute atomic E-state index is 0.0844. The average molecular weight is 556 g/mol. The third kappa shape index (κ3) is 5.41. The van der Waals surface area contributed by atoms with Gasteiger partial charge in [-0.2, -0.15) is 4.98 Å². The lowest BCUT2D eigenvalue weighted by Crippen LogP contribution is -2.39. The molecule has 0 saturated carbocycles. The number of aromatic nitrogens is 4. The molecular weight excluding hydrogens is 522 g/mol. The normalized spacial score (nSPS) is 15.0. The fourth-order valence-corrected chi connectivity index (χ4v) is 4.77. The Hall–Kier alpha value is -4.61. The van der Waals surface area contributed by atoms with Gasteiger partial charge in [0.1, 0.15) is 17.2 Å². The molecule has 41 heavy (non-hydrogen) atoms. The Kier molecular flexibility index (Phi) is 7.33. The van der Waals surface area contributed by atoms with E-state index in [-0.39, 0.29) is 24.2 Å². The second-order valence-electron chi connectivity index (χ2n) is 10.9. The van der Waals surface area contributed by atoms with Crippen molar-refractivity contribution in [2.45, 2.75) is 44.9 Å². The zero-order chi connectivity index (χ0) is 29.4. The Bertz CT molecular complexity index is 1580. The van der Waals surface area contributed by atoms with Gasteiger partial charge in [-0.3, -0.25) is 4.79 Å². The summed E-state index contributed by atoms with van der Waals surface area (Å²) in [6, 6.07) is 14.3. The number of aliphatic hydroxyl groups is 2. The number of hydrogen-bond acceptors (Lipinski definition) is 10. The summed E-state index contributed by atoms with van der Waals surface area (Å²) in [4.78, 5) is 28.4. The number of pyridine rings is 2. The highest BCUT2D eigenvalue weighted by Gasteiger charge is 2.43. The molecule has 0 fully saturated rings. The lowest BCUT2D eigenvalue weighted by molar-refractivity contribution is 0.0646. The standard InChI is InChI=1S/C30H33N7O4/c1-6-14-37-27(39)19-12-13-23(34-25(19)29(37,2)3)33-24-15-21(32-22(17-38)18-10-8-7-9-11-18)20(16-31-24)26-35-28(36-41-26)30(4,5)40/h6-13,15-16,22,38,40H,1,14,17H2,2-5H3,(H2,31,32,33,34)/t22-/m1/s1. The van der Waals surface area contributed by atoms with Crippen molar-refractivity contribution in [3.8, 4) is 11.5 Å². The van der Waals surface area contributed by atoms with E-state index < -0.39 is 17.2 Å². The smallest absolute Gasteiger partial charge is 0.261 e. The van der Waals surface area contributed by atoms with Gasteiger partial charge in [-0.15, -0.1) is 6.58 Å². The maximum absolute atomic E-state index is 12.9. The number of hydrogen-bond donors (Lipinski definition) is 4. The van der Waals surface area contributed by atoms with E-state index in [0.29, 0.717) is 40.7 Å². The zero-order valence-corrected chi connectivity index (χ0v) is 23.4. The SMILES string of the molecule is C=CCN1C(=O)c2ccc(Nc3cc(N[C@H](CO)c4ccccc4)c(-c4nc(C(C)(C)O)no4)cn3)nc2C1(C)C. The number of rotatable bonds is 10. The summed E-state index contributed by atoms with van der Waals surface area (Å²) in [7, 11) is 0. The van der Waals surface area contributed by atoms with E-state index in [1.807, 2.05) is 44.2 Å². The van der Waals surface area contributed by atoms with Gasteiger partial charge >= 0.3 is 0 Å². The fourth-order valence-electron chi connectivity index (χ4n) is 4.77. The Balaban J connectivity index is 1.51. The van der Waals surface area contributed by atoms with E-state index >= 15 is 0 Å². The van der Waals surface area contributed by atoms with Crippen LogP contribution in [0.5, 0.6) is 0 Å². The van der Waals surface area contributed by atoms with Gasteiger partial charge in [0.15, 0.2) is 0 Å². The number of carbonyl (C=O) groups is 1. The van der Waals surface area contributed by atoms with Gasteiger partial charge in [0.05, 0.1) is 40.7 Å². The van der Waals surface area contributed by atoms with Crippen molar-refractivity contribution in [1.29, 1.82) is 0 Å². The van der Waals surface area contributed by atoms with Gasteiger partial charge in [-0.25, -0.2) is 9.97 Å². The molecule has 4 N–H and O–H groups in total. The molecule has 0 aliphatic carbocycles. The van der Waals surface area contributed by atoms with Gasteiger partial charge < -0.3 is 30.3 Å². The monoisotopic (exact) mass is 555 g/mol. The molecule has 212 valence electrons. The van der Waals surface area contributed by atoms with Crippen LogP contribution >= 0.6 is 0 Å². The van der Waals surface area contributed by atoms with Crippen LogP contribution in [0.1, 0.15) is 61.2 Å². The number of fused-ring (bicyclic) bond motifs is 1. The molecule has 0 radical (unpaired) electrons. The van der Waals surface area contributed by atoms with Gasteiger partial charge in [-0.05, 0) is 45.4 Å². The first-order valence-corrected chi connectivity index (χ1v) is 13.2. The van der Waals surface area contributed by atoms with Crippen LogP contribution in [0.2, 0.25) is 0 Å². The van der Waals surface area contributed by atoms with Crippen molar-refractivity contribution in [1.82, 2.24) is 25.0 Å². The molecule has 1 amide bonds. The third-order valence-corrected chi connectivity index (χ3v) is 7.01. The first-order valence-electron chi connectivity index (χ1n) is 13.2. The van der Waals surface area contributed by atoms with Crippen molar-refractivity contribution in [3.63, 3.8) is 0 Å². The lowest BCUT2D eigenvalue weighted by Gasteiger charge is -2.30. The number of amides is 1. The first kappa shape index (κ1) is 27.9. The Labute approximate surface area is 238 Å². The number of carbonyl (C=O) groups excluding carboxylic acids is 1. The second-order valence-corrected chi connectivity index (χ2v) is 10.9. The van der Waals surface area contributed by atoms with Crippen LogP contribution in [0.3, 0.4) is 0 Å². The molecule has 0 unspecified atom stereocenters. The molecule has 0 bridgehead atoms. The van der Waals surface area contributed by atoms with Gasteiger partial charge in [0.25, 0.3) is 11.8 Å². The molecular formula is C30H33N7O4. The Morgan fingerprint density at radius 3 is 2.54 bits per heavy atom. The molecule has 1 aromatic carbocycles. The van der Waals surface area contributed by atoms with E-state index in [9.17, 15) is 15.0 Å². The van der Waals surface area contributed by atoms with Gasteiger partial charge in [-0.1, -0.05) is 41.6 Å². The summed E-state index contributed by atoms with van der Waals surface area (Å²) < 4.78 is 5.47. The summed E-state index contributed by atoms with van der Waals surface area (Å²) >= 11 is 0. The highest BCUT2D eigenvalue weighted by molar-refractivity contribution is 5.99. The van der Waals surface area contributed by atoms with Crippen LogP contribution in [0, 0.1) is 0 Å². The summed E-state index contributed by atoms with van der Waals surface area (Å²) in [6.45, 7) is 11.1. The van der Waals surface area contributed by atoms with Crippen LogP contribution < -0.4 is 10.6 Å². The number of benzene rings is 1. The molecule has 4 heterocycles. The first-order chi connectivity index (χ1) is 19.5. The second kappa shape index (κ2) is 10.8. The van der Waals surface area contributed by atoms with Crippen molar-refractivity contribution in [3.05, 3.63) is 90.0 Å². The van der Waals surface area contributed by atoms with E-state index in [1.165, 1.54) is 0 Å². The molecule has 1 aliphatic rings. The molecule has 5 rings (SSSR count). The minimum Gasteiger partial charge on any atom is -0.394 e. The topological polar surface area (TPSA) is 150 Å². The number of aliphatic hydroxyl groups excluding tert-OH is 1. The molecule has 0 spiro atoms. The maximum Gasteiger partial charge on any atom is 0.261 e. The summed E-state index contributed by atoms with van der Waals surface area (Å²) in [5.41, 5.74) is 1.25. The largest absolute Gasteiger partial charge is 0.394 e. The Morgan fingerprint density at radius 2 is 1.88 bits per heavy atom. The highest BCUT2D eigenvalue weighted by atomic mass is 16.5. The van der Waals surface area contributed by atoms with Crippen LogP contribution in [-0.4, -0.2) is 54.3 Å². The van der Waals surface area contributed by atoms with E-state index in [1.54, 1.807) is 49.2 Å². The average Bonchev–Trinajstić information content (AvgIpc) is 3.51. The lowest BCUT2D eigenvalue weighted by atomic mass is 9.99. The van der Waals surface area contributed by atoms with Crippen LogP contribution in [0.15, 0.2) is 71.9 Å². The molecule has 3 aromatic heterocycles. The van der Waals surface area contributed by atoms with E-state index in [0.717, 1.165) is 5.56 Å². The predicted octanol–water partition coefficient (Wildman–Crippen LogP) is 4.52. The van der Waals surface area contributed by atoms with E-state index in [4.69, 9.17) is 9.51 Å². The van der Waals surface area contributed by atoms with Gasteiger partial charge in [0.2, 0.25) is 5.82 Å². The molecule has 0 saturated heterocycles. The number of anilines is 3. The molecule has 1 atom stereocenters. The summed E-state index contributed by atoms with van der Waals surface area (Å²) in [5.74, 6) is 1.18. The maximum atomic E-state index is 12.9. The predicted molar refractivity (Wildman–Crippen MR) is 154 cm³/mol. The third-order valence-electron chi connectivity index (χ3n) is 7.01. The summed E-state index contributed by atoms with van der Waals surface area (Å²) in [6.07, 6.45) is 3.27.